The molecule has 2 heteroatoms. The maximum atomic E-state index is 2.49. The van der Waals surface area contributed by atoms with Crippen LogP contribution >= 0.6 is 0 Å². The second kappa shape index (κ2) is 14.1. The average Bonchev–Trinajstić information content (AvgIpc) is 3.66. The van der Waals surface area contributed by atoms with Crippen LogP contribution in [0.15, 0.2) is 231 Å². The Morgan fingerprint density at radius 3 is 1.24 bits per heavy atom. The Balaban J connectivity index is 0.922. The Bertz CT molecular complexity index is 3180. The Kier molecular flexibility index (Phi) is 8.19. The quantitative estimate of drug-likeness (QED) is 0.148. The van der Waals surface area contributed by atoms with Crippen molar-refractivity contribution in [1.82, 2.24) is 4.40 Å². The third kappa shape index (κ3) is 5.74. The first-order chi connectivity index (χ1) is 28.8. The van der Waals surface area contributed by atoms with Crippen molar-refractivity contribution in [2.75, 3.05) is 4.90 Å². The van der Waals surface area contributed by atoms with Crippen LogP contribution in [0.25, 0.3) is 82.6 Å². The minimum absolute atomic E-state index is 1.13. The maximum Gasteiger partial charge on any atom is 0.0625 e. The van der Waals surface area contributed by atoms with Crippen LogP contribution in [0.5, 0.6) is 0 Å². The van der Waals surface area contributed by atoms with Crippen molar-refractivity contribution in [3.63, 3.8) is 0 Å². The van der Waals surface area contributed by atoms with E-state index < -0.39 is 0 Å². The van der Waals surface area contributed by atoms with Gasteiger partial charge in [-0.3, -0.25) is 0 Å². The van der Waals surface area contributed by atoms with Gasteiger partial charge in [0, 0.05) is 38.8 Å². The first-order valence-electron chi connectivity index (χ1n) is 19.9. The van der Waals surface area contributed by atoms with Gasteiger partial charge in [0.2, 0.25) is 0 Å². The van der Waals surface area contributed by atoms with Crippen LogP contribution in [0.3, 0.4) is 0 Å². The van der Waals surface area contributed by atoms with Gasteiger partial charge in [-0.25, -0.2) is 0 Å². The van der Waals surface area contributed by atoms with Crippen LogP contribution in [0.4, 0.5) is 17.1 Å². The van der Waals surface area contributed by atoms with Gasteiger partial charge >= 0.3 is 0 Å². The molecular weight excluding hydrogens is 701 g/mol. The van der Waals surface area contributed by atoms with Crippen molar-refractivity contribution in [3.05, 3.63) is 231 Å². The number of hydrogen-bond acceptors (Lipinski definition) is 1. The van der Waals surface area contributed by atoms with Crippen LogP contribution in [-0.2, 0) is 0 Å². The average molecular weight is 739 g/mol. The van der Waals surface area contributed by atoms with Gasteiger partial charge < -0.3 is 9.30 Å². The first kappa shape index (κ1) is 33.6. The van der Waals surface area contributed by atoms with E-state index in [0.717, 1.165) is 17.1 Å². The lowest BCUT2D eigenvalue weighted by atomic mass is 9.96. The minimum Gasteiger partial charge on any atom is -0.311 e. The Hall–Kier alpha value is -7.68. The lowest BCUT2D eigenvalue weighted by Crippen LogP contribution is -2.09. The summed E-state index contributed by atoms with van der Waals surface area (Å²) in [5.74, 6) is 0. The Morgan fingerprint density at radius 1 is 0.259 bits per heavy atom. The number of fused-ring (bicyclic) bond motifs is 8. The Labute approximate surface area is 338 Å². The number of rotatable bonds is 7. The van der Waals surface area contributed by atoms with Crippen molar-refractivity contribution in [2.24, 2.45) is 0 Å². The molecule has 0 radical (unpaired) electrons. The molecule has 58 heavy (non-hydrogen) atoms. The third-order valence-electron chi connectivity index (χ3n) is 11.6. The highest BCUT2D eigenvalue weighted by molar-refractivity contribution is 6.22. The fraction of sp³-hybridized carbons (Fsp3) is 0. The summed E-state index contributed by atoms with van der Waals surface area (Å²) >= 11 is 0. The molecule has 0 fully saturated rings. The molecule has 0 amide bonds. The molecule has 2 aromatic heterocycles. The molecule has 11 rings (SSSR count). The molecule has 0 aliphatic rings. The molecule has 11 aromatic rings. The number of aromatic nitrogens is 1. The topological polar surface area (TPSA) is 7.65 Å². The predicted octanol–water partition coefficient (Wildman–Crippen LogP) is 15.5. The summed E-state index contributed by atoms with van der Waals surface area (Å²) in [7, 11) is 0. The van der Waals surface area contributed by atoms with Crippen LogP contribution in [-0.4, -0.2) is 4.40 Å². The molecule has 0 bridgehead atoms. The van der Waals surface area contributed by atoms with E-state index in [1.54, 1.807) is 0 Å². The van der Waals surface area contributed by atoms with E-state index in [9.17, 15) is 0 Å². The highest BCUT2D eigenvalue weighted by Crippen LogP contribution is 2.43. The van der Waals surface area contributed by atoms with E-state index in [1.807, 2.05) is 0 Å². The lowest BCUT2D eigenvalue weighted by molar-refractivity contribution is 1.28. The van der Waals surface area contributed by atoms with Crippen molar-refractivity contribution < 1.29 is 0 Å². The number of anilines is 3. The molecule has 0 spiro atoms. The van der Waals surface area contributed by atoms with Crippen LogP contribution in [0.1, 0.15) is 0 Å². The van der Waals surface area contributed by atoms with E-state index in [-0.39, 0.29) is 0 Å². The van der Waals surface area contributed by atoms with Crippen LogP contribution < -0.4 is 4.90 Å². The summed E-state index contributed by atoms with van der Waals surface area (Å²) in [4.78, 5) is 2.29. The van der Waals surface area contributed by atoms with Crippen LogP contribution in [0.2, 0.25) is 0 Å². The standard InChI is InChI=1S/C56H38N2/c1-4-14-44(15-5-1)55-52-22-12-13-23-53(52)58-54-38-45(34-37-50(54)49-20-10-11-21-51(49)56(55)58)43-30-28-40(29-31-43)39-24-26-41(27-25-39)42-32-35-48(36-33-42)57(46-16-6-2-7-17-46)47-18-8-3-9-19-47/h1-38H. The monoisotopic (exact) mass is 738 g/mol. The molecule has 0 saturated heterocycles. The fourth-order valence-corrected chi connectivity index (χ4v) is 8.81. The minimum atomic E-state index is 1.13. The molecule has 0 saturated carbocycles. The molecule has 0 atom stereocenters. The van der Waals surface area contributed by atoms with Crippen molar-refractivity contribution in [2.45, 2.75) is 0 Å². The molecular formula is C56H38N2. The number of hydrogen-bond donors (Lipinski definition) is 0. The molecule has 0 aliphatic heterocycles. The van der Waals surface area contributed by atoms with E-state index in [0.29, 0.717) is 0 Å². The smallest absolute Gasteiger partial charge is 0.0625 e. The summed E-state index contributed by atoms with van der Waals surface area (Å²) < 4.78 is 2.49. The molecule has 272 valence electrons. The van der Waals surface area contributed by atoms with Gasteiger partial charge in [0.15, 0.2) is 0 Å². The summed E-state index contributed by atoms with van der Waals surface area (Å²) in [5, 5.41) is 5.06. The van der Waals surface area contributed by atoms with Gasteiger partial charge in [-0.05, 0) is 92.9 Å². The van der Waals surface area contributed by atoms with Crippen molar-refractivity contribution >= 4 is 55.2 Å². The van der Waals surface area contributed by atoms with E-state index in [4.69, 9.17) is 0 Å². The van der Waals surface area contributed by atoms with Crippen molar-refractivity contribution in [3.8, 4) is 44.5 Å². The normalized spacial score (nSPS) is 11.4. The number of pyridine rings is 1. The van der Waals surface area contributed by atoms with Gasteiger partial charge in [0.25, 0.3) is 0 Å². The van der Waals surface area contributed by atoms with Gasteiger partial charge in [-0.15, -0.1) is 0 Å². The molecule has 0 aliphatic carbocycles. The summed E-state index contributed by atoms with van der Waals surface area (Å²) in [5.41, 5.74) is 16.8. The second-order valence-electron chi connectivity index (χ2n) is 14.9. The molecule has 9 aromatic carbocycles. The highest BCUT2D eigenvalue weighted by atomic mass is 15.1. The largest absolute Gasteiger partial charge is 0.311 e. The zero-order chi connectivity index (χ0) is 38.4. The zero-order valence-electron chi connectivity index (χ0n) is 31.8. The predicted molar refractivity (Wildman–Crippen MR) is 246 cm³/mol. The van der Waals surface area contributed by atoms with E-state index in [2.05, 4.69) is 240 Å². The number of nitrogens with zero attached hydrogens (tertiary/aromatic N) is 2. The second-order valence-corrected chi connectivity index (χ2v) is 14.9. The van der Waals surface area contributed by atoms with Gasteiger partial charge in [-0.2, -0.15) is 0 Å². The van der Waals surface area contributed by atoms with E-state index in [1.165, 1.54) is 82.6 Å². The van der Waals surface area contributed by atoms with Crippen molar-refractivity contribution in [1.29, 1.82) is 0 Å². The Morgan fingerprint density at radius 2 is 0.672 bits per heavy atom. The molecule has 0 N–H and O–H groups in total. The molecule has 2 nitrogen and oxygen atoms in total. The lowest BCUT2D eigenvalue weighted by Gasteiger charge is -2.25. The van der Waals surface area contributed by atoms with Crippen LogP contribution in [0, 0.1) is 0 Å². The summed E-state index contributed by atoms with van der Waals surface area (Å²) in [6.07, 6.45) is 0. The maximum absolute atomic E-state index is 2.49. The third-order valence-corrected chi connectivity index (χ3v) is 11.6. The highest BCUT2D eigenvalue weighted by Gasteiger charge is 2.19. The van der Waals surface area contributed by atoms with E-state index >= 15 is 0 Å². The van der Waals surface area contributed by atoms with Gasteiger partial charge in [0.05, 0.1) is 16.6 Å². The van der Waals surface area contributed by atoms with Gasteiger partial charge in [-0.1, -0.05) is 182 Å². The van der Waals surface area contributed by atoms with Gasteiger partial charge in [0.1, 0.15) is 0 Å². The summed E-state index contributed by atoms with van der Waals surface area (Å²) in [6, 6.07) is 83.4. The zero-order valence-corrected chi connectivity index (χ0v) is 31.8. The molecule has 0 unspecified atom stereocenters. The first-order valence-corrected chi connectivity index (χ1v) is 19.9. The fourth-order valence-electron chi connectivity index (χ4n) is 8.81. The molecule has 2 heterocycles. The number of para-hydroxylation sites is 3. The number of benzene rings is 9. The summed E-state index contributed by atoms with van der Waals surface area (Å²) in [6.45, 7) is 0. The SMILES string of the molecule is c1ccc(-c2c3ccccc3n3c4cc(-c5ccc(-c6ccc(-c7ccc(N(c8ccccc8)c8ccccc8)cc7)cc6)cc5)ccc4c4ccccc4c23)cc1.